The summed E-state index contributed by atoms with van der Waals surface area (Å²) in [6.45, 7) is 0.197. The number of amides is 1. The molecule has 6 nitrogen and oxygen atoms in total. The quantitative estimate of drug-likeness (QED) is 0.633. The molecular weight excluding hydrogens is 242 g/mol. The highest BCUT2D eigenvalue weighted by molar-refractivity contribution is 7.90. The Kier molecular flexibility index (Phi) is 3.95. The number of nitrogens with one attached hydrogen (secondary N) is 1. The second kappa shape index (κ2) is 5.05. The lowest BCUT2D eigenvalue weighted by molar-refractivity contribution is 0.100. The van der Waals surface area contributed by atoms with Crippen LogP contribution in [0.4, 0.5) is 11.4 Å². The van der Waals surface area contributed by atoms with Crippen molar-refractivity contribution in [2.75, 3.05) is 29.6 Å². The third kappa shape index (κ3) is 4.31. The van der Waals surface area contributed by atoms with Gasteiger partial charge in [-0.15, -0.1) is 0 Å². The van der Waals surface area contributed by atoms with Crippen LogP contribution in [0.2, 0.25) is 0 Å². The number of benzene rings is 1. The first-order chi connectivity index (χ1) is 7.79. The number of carbonyl (C=O) groups is 1. The van der Waals surface area contributed by atoms with Crippen molar-refractivity contribution in [2.24, 2.45) is 5.73 Å². The molecule has 1 rings (SSSR count). The van der Waals surface area contributed by atoms with Crippen molar-refractivity contribution in [2.45, 2.75) is 0 Å². The van der Waals surface area contributed by atoms with Gasteiger partial charge in [0.25, 0.3) is 5.91 Å². The summed E-state index contributed by atoms with van der Waals surface area (Å²) in [6.07, 6.45) is 1.14. The van der Waals surface area contributed by atoms with Crippen molar-refractivity contribution < 1.29 is 13.2 Å². The third-order valence-electron chi connectivity index (χ3n) is 2.10. The molecule has 0 saturated carbocycles. The Morgan fingerprint density at radius 1 is 1.41 bits per heavy atom. The van der Waals surface area contributed by atoms with Gasteiger partial charge in [-0.3, -0.25) is 4.79 Å². The number of carbonyl (C=O) groups excluding carboxylic acids is 1. The van der Waals surface area contributed by atoms with Crippen LogP contribution < -0.4 is 16.8 Å². The van der Waals surface area contributed by atoms with Gasteiger partial charge in [0, 0.05) is 24.2 Å². The van der Waals surface area contributed by atoms with Crippen molar-refractivity contribution in [1.82, 2.24) is 0 Å². The Hall–Kier alpha value is -1.76. The molecule has 0 aromatic heterocycles. The van der Waals surface area contributed by atoms with Gasteiger partial charge in [0.05, 0.1) is 11.3 Å². The molecule has 0 bridgehead atoms. The summed E-state index contributed by atoms with van der Waals surface area (Å²) in [5.74, 6) is -0.619. The molecule has 0 heterocycles. The van der Waals surface area contributed by atoms with Crippen molar-refractivity contribution >= 4 is 27.1 Å². The van der Waals surface area contributed by atoms with E-state index in [0.29, 0.717) is 11.4 Å². The average Bonchev–Trinajstić information content (AvgIpc) is 2.15. The molecule has 0 aliphatic heterocycles. The first-order valence-corrected chi connectivity index (χ1v) is 6.96. The van der Waals surface area contributed by atoms with Crippen LogP contribution >= 0.6 is 0 Å². The zero-order valence-corrected chi connectivity index (χ0v) is 10.3. The van der Waals surface area contributed by atoms with Gasteiger partial charge in [0.15, 0.2) is 0 Å². The van der Waals surface area contributed by atoms with Gasteiger partial charge >= 0.3 is 0 Å². The smallest absolute Gasteiger partial charge is 0.250 e. The van der Waals surface area contributed by atoms with E-state index in [1.165, 1.54) is 6.07 Å². The molecule has 0 atom stereocenters. The molecule has 0 fully saturated rings. The lowest BCUT2D eigenvalue weighted by Crippen LogP contribution is -2.18. The van der Waals surface area contributed by atoms with E-state index >= 15 is 0 Å². The molecule has 94 valence electrons. The molecule has 1 aromatic rings. The minimum absolute atomic E-state index is 0.0278. The fourth-order valence-corrected chi connectivity index (χ4v) is 1.77. The van der Waals surface area contributed by atoms with Crippen molar-refractivity contribution in [3.63, 3.8) is 0 Å². The highest BCUT2D eigenvalue weighted by atomic mass is 32.2. The molecule has 7 heteroatoms. The van der Waals surface area contributed by atoms with E-state index in [2.05, 4.69) is 5.32 Å². The summed E-state index contributed by atoms with van der Waals surface area (Å²) in [4.78, 5) is 11.1. The zero-order chi connectivity index (χ0) is 13.1. The number of nitrogen functional groups attached to an aromatic ring is 1. The third-order valence-corrected chi connectivity index (χ3v) is 3.04. The van der Waals surface area contributed by atoms with E-state index in [-0.39, 0.29) is 17.9 Å². The molecule has 0 aliphatic rings. The van der Waals surface area contributed by atoms with Gasteiger partial charge in [-0.05, 0) is 18.2 Å². The molecular formula is C10H15N3O3S. The van der Waals surface area contributed by atoms with Crippen LogP contribution in [-0.4, -0.2) is 32.9 Å². The van der Waals surface area contributed by atoms with Crippen molar-refractivity contribution in [1.29, 1.82) is 0 Å². The van der Waals surface area contributed by atoms with E-state index < -0.39 is 15.7 Å². The number of rotatable bonds is 5. The van der Waals surface area contributed by atoms with Gasteiger partial charge in [-0.1, -0.05) is 0 Å². The average molecular weight is 257 g/mol. The summed E-state index contributed by atoms with van der Waals surface area (Å²) < 4.78 is 21.9. The van der Waals surface area contributed by atoms with Crippen molar-refractivity contribution in [3.05, 3.63) is 23.8 Å². The molecule has 5 N–H and O–H groups in total. The van der Waals surface area contributed by atoms with E-state index in [4.69, 9.17) is 11.5 Å². The first kappa shape index (κ1) is 13.3. The second-order valence-corrected chi connectivity index (χ2v) is 5.99. The normalized spacial score (nSPS) is 11.1. The Labute approximate surface area is 99.9 Å². The fourth-order valence-electron chi connectivity index (χ4n) is 1.29. The molecule has 1 aromatic carbocycles. The topological polar surface area (TPSA) is 115 Å². The van der Waals surface area contributed by atoms with Crippen LogP contribution in [0.5, 0.6) is 0 Å². The highest BCUT2D eigenvalue weighted by Gasteiger charge is 2.09. The van der Waals surface area contributed by atoms with Crippen LogP contribution in [0.3, 0.4) is 0 Å². The number of primary amides is 1. The SMILES string of the molecule is CS(=O)(=O)CCNc1cc(N)ccc1C(N)=O. The predicted octanol–water partition coefficient (Wildman–Crippen LogP) is -0.176. The number of nitrogens with two attached hydrogens (primary N) is 2. The maximum absolute atomic E-state index is 11.1. The molecule has 1 amide bonds. The van der Waals surface area contributed by atoms with E-state index in [1.54, 1.807) is 12.1 Å². The fraction of sp³-hybridized carbons (Fsp3) is 0.300. The molecule has 0 unspecified atom stereocenters. The van der Waals surface area contributed by atoms with Gasteiger partial charge < -0.3 is 16.8 Å². The Morgan fingerprint density at radius 2 is 2.06 bits per heavy atom. The summed E-state index contributed by atoms with van der Waals surface area (Å²) in [5, 5.41) is 2.83. The predicted molar refractivity (Wildman–Crippen MR) is 67.6 cm³/mol. The number of anilines is 2. The first-order valence-electron chi connectivity index (χ1n) is 4.90. The maximum atomic E-state index is 11.1. The minimum Gasteiger partial charge on any atom is -0.399 e. The van der Waals surface area contributed by atoms with Gasteiger partial charge in [0.1, 0.15) is 9.84 Å². The second-order valence-electron chi connectivity index (χ2n) is 3.73. The molecule has 17 heavy (non-hydrogen) atoms. The number of sulfone groups is 1. The molecule has 0 radical (unpaired) electrons. The lowest BCUT2D eigenvalue weighted by Gasteiger charge is -2.10. The number of hydrogen-bond acceptors (Lipinski definition) is 5. The number of hydrogen-bond donors (Lipinski definition) is 3. The van der Waals surface area contributed by atoms with Crippen molar-refractivity contribution in [3.8, 4) is 0 Å². The molecule has 0 saturated heterocycles. The highest BCUT2D eigenvalue weighted by Crippen LogP contribution is 2.18. The van der Waals surface area contributed by atoms with E-state index in [1.807, 2.05) is 0 Å². The largest absolute Gasteiger partial charge is 0.399 e. The van der Waals surface area contributed by atoms with Crippen LogP contribution in [0.1, 0.15) is 10.4 Å². The Balaban J connectivity index is 2.82. The summed E-state index contributed by atoms with van der Waals surface area (Å²) >= 11 is 0. The van der Waals surface area contributed by atoms with E-state index in [9.17, 15) is 13.2 Å². The van der Waals surface area contributed by atoms with Crippen LogP contribution in [-0.2, 0) is 9.84 Å². The standard InChI is InChI=1S/C10H15N3O3S/c1-17(15,16)5-4-13-9-6-7(11)2-3-8(9)10(12)14/h2-3,6,13H,4-5,11H2,1H3,(H2,12,14). The van der Waals surface area contributed by atoms with Gasteiger partial charge in [-0.2, -0.15) is 0 Å². The van der Waals surface area contributed by atoms with E-state index in [0.717, 1.165) is 6.26 Å². The van der Waals surface area contributed by atoms with Crippen LogP contribution in [0, 0.1) is 0 Å². The summed E-state index contributed by atoms with van der Waals surface area (Å²) in [7, 11) is -3.05. The van der Waals surface area contributed by atoms with Crippen LogP contribution in [0.15, 0.2) is 18.2 Å². The zero-order valence-electron chi connectivity index (χ0n) is 9.43. The van der Waals surface area contributed by atoms with Crippen LogP contribution in [0.25, 0.3) is 0 Å². The lowest BCUT2D eigenvalue weighted by atomic mass is 10.1. The van der Waals surface area contributed by atoms with Gasteiger partial charge in [0.2, 0.25) is 0 Å². The van der Waals surface area contributed by atoms with Gasteiger partial charge in [-0.25, -0.2) is 8.42 Å². The molecule has 0 aliphatic carbocycles. The Bertz CT molecular complexity index is 526. The Morgan fingerprint density at radius 3 is 2.59 bits per heavy atom. The summed E-state index contributed by atoms with van der Waals surface area (Å²) in [6, 6.07) is 4.60. The summed E-state index contributed by atoms with van der Waals surface area (Å²) in [5.41, 5.74) is 12.0. The monoisotopic (exact) mass is 257 g/mol. The molecule has 0 spiro atoms. The minimum atomic E-state index is -3.05. The maximum Gasteiger partial charge on any atom is 0.250 e.